The number of rotatable bonds is 6. The number of pyridine rings is 1. The number of aromatic nitrogens is 1. The molecule has 0 aliphatic carbocycles. The van der Waals surface area contributed by atoms with Crippen LogP contribution in [0.3, 0.4) is 0 Å². The number of aliphatic carboxylic acids is 1. The number of hydrogen-bond acceptors (Lipinski definition) is 5. The Balaban J connectivity index is 1.58. The Morgan fingerprint density at radius 1 is 0.962 bits per heavy atom. The number of fused-ring (bicyclic) bond motifs is 6. The van der Waals surface area contributed by atoms with Crippen molar-refractivity contribution < 1.29 is 54.6 Å². The SMILES string of the molecule is Cc1cccc2c1-c1cc(c(F)c(C(F)(F)F)c1)[C@H](CC(=O)O)NC(=O)[C@@H](n1cc(CCN3CC(F)C3)c(C(F)(F)F)cc1=O)c1cccc(c1)O2. The van der Waals surface area contributed by atoms with Crippen LogP contribution in [0.15, 0.2) is 71.7 Å². The van der Waals surface area contributed by atoms with Crippen molar-refractivity contribution in [1.29, 1.82) is 0 Å². The molecular formula is C36H29F8N3O5. The molecule has 4 bridgehead atoms. The zero-order chi connectivity index (χ0) is 37.7. The number of benzene rings is 3. The molecule has 52 heavy (non-hydrogen) atoms. The number of likely N-dealkylation sites (tertiary alicyclic amines) is 1. The van der Waals surface area contributed by atoms with Crippen LogP contribution < -0.4 is 15.6 Å². The van der Waals surface area contributed by atoms with E-state index in [0.29, 0.717) is 22.3 Å². The van der Waals surface area contributed by atoms with E-state index in [0.717, 1.165) is 12.3 Å². The summed E-state index contributed by atoms with van der Waals surface area (Å²) in [6.45, 7) is 1.55. The largest absolute Gasteiger partial charge is 0.481 e. The number of carbonyl (C=O) groups is 2. The van der Waals surface area contributed by atoms with Crippen LogP contribution in [0.5, 0.6) is 11.5 Å². The minimum atomic E-state index is -5.27. The topological polar surface area (TPSA) is 101 Å². The van der Waals surface area contributed by atoms with Crippen molar-refractivity contribution in [3.63, 3.8) is 0 Å². The average molecular weight is 736 g/mol. The summed E-state index contributed by atoms with van der Waals surface area (Å²) >= 11 is 0. The normalized spacial score (nSPS) is 18.2. The van der Waals surface area contributed by atoms with Crippen molar-refractivity contribution in [2.45, 2.75) is 50.4 Å². The lowest BCUT2D eigenvalue weighted by atomic mass is 9.91. The van der Waals surface area contributed by atoms with Crippen molar-refractivity contribution in [2.24, 2.45) is 0 Å². The number of amides is 1. The van der Waals surface area contributed by atoms with Gasteiger partial charge in [0.15, 0.2) is 0 Å². The molecule has 0 spiro atoms. The zero-order valence-corrected chi connectivity index (χ0v) is 27.1. The van der Waals surface area contributed by atoms with Gasteiger partial charge in [-0.3, -0.25) is 23.9 Å². The molecule has 16 heteroatoms. The summed E-state index contributed by atoms with van der Waals surface area (Å²) in [7, 11) is 0. The van der Waals surface area contributed by atoms with Gasteiger partial charge in [0.25, 0.3) is 5.56 Å². The number of carboxylic acid groups (broad SMARTS) is 1. The zero-order valence-electron chi connectivity index (χ0n) is 27.1. The van der Waals surface area contributed by atoms with Gasteiger partial charge in [-0.15, -0.1) is 0 Å². The minimum Gasteiger partial charge on any atom is -0.481 e. The Kier molecular flexibility index (Phi) is 9.63. The van der Waals surface area contributed by atoms with Gasteiger partial charge in [0.2, 0.25) is 5.91 Å². The number of aryl methyl sites for hydroxylation is 1. The molecule has 2 N–H and O–H groups in total. The van der Waals surface area contributed by atoms with Gasteiger partial charge in [0.05, 0.1) is 23.6 Å². The van der Waals surface area contributed by atoms with Crippen LogP contribution in [0.25, 0.3) is 11.1 Å². The van der Waals surface area contributed by atoms with Gasteiger partial charge in [0, 0.05) is 43.0 Å². The van der Waals surface area contributed by atoms with Crippen LogP contribution in [0, 0.1) is 12.7 Å². The van der Waals surface area contributed by atoms with Crippen molar-refractivity contribution in [3.8, 4) is 22.6 Å². The van der Waals surface area contributed by atoms with E-state index in [1.54, 1.807) is 24.0 Å². The molecule has 274 valence electrons. The van der Waals surface area contributed by atoms with E-state index in [9.17, 15) is 50.2 Å². The van der Waals surface area contributed by atoms with E-state index in [1.807, 2.05) is 0 Å². The Morgan fingerprint density at radius 2 is 1.65 bits per heavy atom. The van der Waals surface area contributed by atoms with E-state index >= 15 is 4.39 Å². The maximum absolute atomic E-state index is 15.9. The van der Waals surface area contributed by atoms with Crippen LogP contribution in [-0.2, 0) is 28.4 Å². The molecule has 2 atom stereocenters. The fourth-order valence-corrected chi connectivity index (χ4v) is 6.55. The van der Waals surface area contributed by atoms with Crippen LogP contribution in [0.2, 0.25) is 0 Å². The predicted molar refractivity (Wildman–Crippen MR) is 170 cm³/mol. The van der Waals surface area contributed by atoms with E-state index in [-0.39, 0.29) is 54.2 Å². The molecule has 8 nitrogen and oxygen atoms in total. The van der Waals surface area contributed by atoms with Gasteiger partial charge in [0.1, 0.15) is 29.5 Å². The number of carbonyl (C=O) groups excluding carboxylic acids is 1. The highest BCUT2D eigenvalue weighted by atomic mass is 19.4. The first kappa shape index (κ1) is 36.5. The highest BCUT2D eigenvalue weighted by molar-refractivity contribution is 5.85. The Labute approximate surface area is 290 Å². The van der Waals surface area contributed by atoms with E-state index in [2.05, 4.69) is 5.32 Å². The highest BCUT2D eigenvalue weighted by Crippen LogP contribution is 2.43. The molecule has 2 aliphatic rings. The van der Waals surface area contributed by atoms with E-state index in [4.69, 9.17) is 4.74 Å². The van der Waals surface area contributed by atoms with Crippen LogP contribution in [-0.4, -0.2) is 52.3 Å². The first-order valence-corrected chi connectivity index (χ1v) is 15.9. The maximum atomic E-state index is 15.9. The third kappa shape index (κ3) is 7.38. The summed E-state index contributed by atoms with van der Waals surface area (Å²) in [6, 6.07) is 7.99. The van der Waals surface area contributed by atoms with E-state index in [1.165, 1.54) is 30.3 Å². The average Bonchev–Trinajstić information content (AvgIpc) is 3.02. The number of alkyl halides is 7. The molecule has 1 aromatic heterocycles. The second-order valence-electron chi connectivity index (χ2n) is 12.7. The summed E-state index contributed by atoms with van der Waals surface area (Å²) < 4.78 is 122. The molecule has 3 heterocycles. The number of hydrogen-bond donors (Lipinski definition) is 2. The first-order chi connectivity index (χ1) is 24.4. The fraction of sp³-hybridized carbons (Fsp3) is 0.306. The summed E-state index contributed by atoms with van der Waals surface area (Å²) in [5, 5.41) is 12.0. The lowest BCUT2D eigenvalue weighted by molar-refractivity contribution is -0.140. The third-order valence-corrected chi connectivity index (χ3v) is 9.01. The predicted octanol–water partition coefficient (Wildman–Crippen LogP) is 7.22. The molecule has 0 unspecified atom stereocenters. The molecule has 1 amide bonds. The maximum Gasteiger partial charge on any atom is 0.419 e. The number of nitrogens with zero attached hydrogens (tertiary/aromatic N) is 2. The quantitative estimate of drug-likeness (QED) is 0.203. The molecular weight excluding hydrogens is 706 g/mol. The lowest BCUT2D eigenvalue weighted by Crippen LogP contribution is -2.49. The van der Waals surface area contributed by atoms with Crippen molar-refractivity contribution >= 4 is 11.9 Å². The molecule has 6 rings (SSSR count). The van der Waals surface area contributed by atoms with Gasteiger partial charge >= 0.3 is 18.3 Å². The molecule has 0 saturated carbocycles. The minimum absolute atomic E-state index is 0.000243. The van der Waals surface area contributed by atoms with Crippen LogP contribution in [0.1, 0.15) is 51.9 Å². The Morgan fingerprint density at radius 3 is 2.31 bits per heavy atom. The number of halogens is 8. The summed E-state index contributed by atoms with van der Waals surface area (Å²) in [4.78, 5) is 41.3. The van der Waals surface area contributed by atoms with Gasteiger partial charge in [-0.25, -0.2) is 8.78 Å². The van der Waals surface area contributed by atoms with Crippen molar-refractivity contribution in [2.75, 3.05) is 19.6 Å². The number of carboxylic acids is 1. The van der Waals surface area contributed by atoms with Crippen LogP contribution >= 0.6 is 0 Å². The second-order valence-corrected chi connectivity index (χ2v) is 12.7. The standard InChI is InChI=1S/C36H29F8N3O5/c1-18-4-2-7-28-31(18)21-11-24(32(38)26(12-21)36(42,43)44)27(14-30(49)50)45-34(51)33(19-5-3-6-23(10-19)52-28)47-15-20(8-9-46-16-22(37)17-46)25(13-29(47)48)35(39,40)41/h2-7,10-13,15,22,27,33H,8-9,14,16-17H2,1H3,(H,45,51)(H,49,50)/t27-,33-/m0/s1. The fourth-order valence-electron chi connectivity index (χ4n) is 6.55. The Bertz CT molecular complexity index is 2110. The Hall–Kier alpha value is -5.25. The molecule has 3 aromatic carbocycles. The summed E-state index contributed by atoms with van der Waals surface area (Å²) in [5.41, 5.74) is -5.37. The molecule has 0 radical (unpaired) electrons. The molecule has 2 aliphatic heterocycles. The van der Waals surface area contributed by atoms with Gasteiger partial charge in [-0.05, 0) is 65.9 Å². The van der Waals surface area contributed by atoms with Gasteiger partial charge < -0.3 is 15.2 Å². The first-order valence-electron chi connectivity index (χ1n) is 15.9. The number of nitrogens with one attached hydrogen (secondary N) is 1. The number of ether oxygens (including phenoxy) is 1. The molecule has 4 aromatic rings. The van der Waals surface area contributed by atoms with Crippen molar-refractivity contribution in [3.05, 3.63) is 116 Å². The second kappa shape index (κ2) is 13.7. The molecule has 1 fully saturated rings. The lowest BCUT2D eigenvalue weighted by Gasteiger charge is -2.34. The summed E-state index contributed by atoms with van der Waals surface area (Å²) in [5.74, 6) is -4.72. The highest BCUT2D eigenvalue weighted by Gasteiger charge is 2.40. The smallest absolute Gasteiger partial charge is 0.419 e. The van der Waals surface area contributed by atoms with Crippen molar-refractivity contribution in [1.82, 2.24) is 14.8 Å². The monoisotopic (exact) mass is 735 g/mol. The van der Waals surface area contributed by atoms with Gasteiger partial charge in [-0.1, -0.05) is 24.3 Å². The van der Waals surface area contributed by atoms with Crippen LogP contribution in [0.4, 0.5) is 35.1 Å². The third-order valence-electron chi connectivity index (χ3n) is 9.01. The van der Waals surface area contributed by atoms with E-state index < -0.39 is 82.5 Å². The summed E-state index contributed by atoms with van der Waals surface area (Å²) in [6.07, 6.45) is -12.0. The van der Waals surface area contributed by atoms with Gasteiger partial charge in [-0.2, -0.15) is 26.3 Å². The molecule has 1 saturated heterocycles.